The van der Waals surface area contributed by atoms with Crippen molar-refractivity contribution in [3.8, 4) is 11.5 Å². The summed E-state index contributed by atoms with van der Waals surface area (Å²) >= 11 is 0. The minimum absolute atomic E-state index is 0.154. The first-order chi connectivity index (χ1) is 9.71. The molecule has 114 valence electrons. The summed E-state index contributed by atoms with van der Waals surface area (Å²) in [5.74, 6) is -0.480. The number of carbonyl (C=O) groups excluding carboxylic acids is 2. The predicted octanol–water partition coefficient (Wildman–Crippen LogP) is 1.96. The van der Waals surface area contributed by atoms with Crippen molar-refractivity contribution >= 4 is 12.4 Å². The minimum atomic E-state index is -0.651. The molecule has 1 atom stereocenters. The number of aldehydes is 1. The molecule has 0 saturated heterocycles. The maximum atomic E-state index is 12.2. The number of carbonyl (C=O) groups is 2. The van der Waals surface area contributed by atoms with E-state index in [2.05, 4.69) is 0 Å². The molecule has 2 N–H and O–H groups in total. The van der Waals surface area contributed by atoms with E-state index < -0.39 is 17.7 Å². The molecule has 0 saturated carbocycles. The van der Waals surface area contributed by atoms with Crippen molar-refractivity contribution in [3.05, 3.63) is 23.3 Å². The van der Waals surface area contributed by atoms with Gasteiger partial charge in [0.2, 0.25) is 0 Å². The number of phenolic OH excluding ortho intramolecular Hbond substituents is 2. The third kappa shape index (κ3) is 3.26. The van der Waals surface area contributed by atoms with Gasteiger partial charge in [-0.3, -0.25) is 4.90 Å². The van der Waals surface area contributed by atoms with E-state index in [-0.39, 0.29) is 24.5 Å². The highest BCUT2D eigenvalue weighted by molar-refractivity contribution is 5.75. The summed E-state index contributed by atoms with van der Waals surface area (Å²) in [5, 5.41) is 19.1. The van der Waals surface area contributed by atoms with Crippen LogP contribution in [0.5, 0.6) is 11.5 Å². The number of aromatic hydroxyl groups is 2. The highest BCUT2D eigenvalue weighted by Crippen LogP contribution is 2.33. The van der Waals surface area contributed by atoms with Crippen molar-refractivity contribution in [2.75, 3.05) is 0 Å². The number of hydrogen-bond acceptors (Lipinski definition) is 5. The Morgan fingerprint density at radius 2 is 1.86 bits per heavy atom. The average Bonchev–Trinajstić information content (AvgIpc) is 2.36. The number of amides is 1. The van der Waals surface area contributed by atoms with Crippen LogP contribution in [0.3, 0.4) is 0 Å². The largest absolute Gasteiger partial charge is 0.504 e. The number of benzene rings is 1. The van der Waals surface area contributed by atoms with Crippen LogP contribution in [0, 0.1) is 0 Å². The molecular weight excluding hydrogens is 274 g/mol. The molecular formula is C15H19NO5. The molecule has 1 aliphatic rings. The van der Waals surface area contributed by atoms with Crippen LogP contribution in [0.2, 0.25) is 0 Å². The fourth-order valence-electron chi connectivity index (χ4n) is 2.28. The van der Waals surface area contributed by atoms with Gasteiger partial charge in [0.15, 0.2) is 11.5 Å². The maximum absolute atomic E-state index is 12.2. The Kier molecular flexibility index (Phi) is 3.80. The Hall–Kier alpha value is -2.24. The van der Waals surface area contributed by atoms with Gasteiger partial charge in [0.25, 0.3) is 0 Å². The van der Waals surface area contributed by atoms with Gasteiger partial charge in [0.05, 0.1) is 12.6 Å². The summed E-state index contributed by atoms with van der Waals surface area (Å²) in [6.07, 6.45) is 0.403. The van der Waals surface area contributed by atoms with Gasteiger partial charge in [-0.2, -0.15) is 0 Å². The molecule has 0 aliphatic carbocycles. The van der Waals surface area contributed by atoms with Crippen molar-refractivity contribution < 1.29 is 24.5 Å². The van der Waals surface area contributed by atoms with Crippen molar-refractivity contribution in [2.24, 2.45) is 0 Å². The van der Waals surface area contributed by atoms with E-state index in [1.165, 1.54) is 17.0 Å². The average molecular weight is 293 g/mol. The van der Waals surface area contributed by atoms with Gasteiger partial charge in [-0.05, 0) is 44.0 Å². The minimum Gasteiger partial charge on any atom is -0.504 e. The summed E-state index contributed by atoms with van der Waals surface area (Å²) in [4.78, 5) is 24.7. The lowest BCUT2D eigenvalue weighted by atomic mass is 9.94. The Balaban J connectivity index is 2.29. The molecule has 1 aliphatic heterocycles. The van der Waals surface area contributed by atoms with Crippen LogP contribution in [0.1, 0.15) is 31.9 Å². The van der Waals surface area contributed by atoms with Crippen molar-refractivity contribution in [2.45, 2.75) is 45.4 Å². The fraction of sp³-hybridized carbons (Fsp3) is 0.467. The van der Waals surface area contributed by atoms with Gasteiger partial charge in [0.1, 0.15) is 11.9 Å². The Morgan fingerprint density at radius 3 is 2.38 bits per heavy atom. The third-order valence-corrected chi connectivity index (χ3v) is 3.25. The molecule has 0 spiro atoms. The second kappa shape index (κ2) is 5.27. The Morgan fingerprint density at radius 1 is 1.29 bits per heavy atom. The van der Waals surface area contributed by atoms with Gasteiger partial charge in [0, 0.05) is 6.42 Å². The number of nitrogens with zero attached hydrogens (tertiary/aromatic N) is 1. The Bertz CT molecular complexity index is 576. The van der Waals surface area contributed by atoms with Crippen LogP contribution >= 0.6 is 0 Å². The van der Waals surface area contributed by atoms with E-state index in [4.69, 9.17) is 4.74 Å². The topological polar surface area (TPSA) is 87.1 Å². The molecule has 0 radical (unpaired) electrons. The molecule has 21 heavy (non-hydrogen) atoms. The summed E-state index contributed by atoms with van der Waals surface area (Å²) < 4.78 is 5.29. The first-order valence-electron chi connectivity index (χ1n) is 6.70. The Labute approximate surface area is 122 Å². The van der Waals surface area contributed by atoms with Crippen LogP contribution < -0.4 is 0 Å². The molecule has 0 bridgehead atoms. The van der Waals surface area contributed by atoms with E-state index in [1.807, 2.05) is 0 Å². The molecule has 6 nitrogen and oxygen atoms in total. The second-order valence-electron chi connectivity index (χ2n) is 6.13. The number of fused-ring (bicyclic) bond motifs is 1. The van der Waals surface area contributed by atoms with Gasteiger partial charge < -0.3 is 19.7 Å². The predicted molar refractivity (Wildman–Crippen MR) is 75.1 cm³/mol. The van der Waals surface area contributed by atoms with Crippen LogP contribution in [0.25, 0.3) is 0 Å². The molecule has 0 unspecified atom stereocenters. The molecule has 0 fully saturated rings. The summed E-state index contributed by atoms with van der Waals surface area (Å²) in [6, 6.07) is 2.19. The zero-order valence-corrected chi connectivity index (χ0v) is 12.3. The quantitative estimate of drug-likeness (QED) is 0.610. The number of phenols is 2. The van der Waals surface area contributed by atoms with Gasteiger partial charge in [-0.1, -0.05) is 0 Å². The molecule has 1 heterocycles. The highest BCUT2D eigenvalue weighted by atomic mass is 16.6. The molecule has 0 aromatic heterocycles. The zero-order valence-electron chi connectivity index (χ0n) is 12.3. The third-order valence-electron chi connectivity index (χ3n) is 3.25. The lowest BCUT2D eigenvalue weighted by Crippen LogP contribution is -2.47. The van der Waals surface area contributed by atoms with E-state index >= 15 is 0 Å². The number of rotatable bonds is 1. The summed E-state index contributed by atoms with van der Waals surface area (Å²) in [7, 11) is 0. The molecule has 2 rings (SSSR count). The summed E-state index contributed by atoms with van der Waals surface area (Å²) in [5.41, 5.74) is 0.776. The second-order valence-corrected chi connectivity index (χ2v) is 6.13. The van der Waals surface area contributed by atoms with Gasteiger partial charge in [-0.15, -0.1) is 0 Å². The van der Waals surface area contributed by atoms with Crippen LogP contribution in [-0.4, -0.2) is 39.1 Å². The summed E-state index contributed by atoms with van der Waals surface area (Å²) in [6.45, 7) is 5.41. The van der Waals surface area contributed by atoms with Crippen LogP contribution in [0.15, 0.2) is 12.1 Å². The van der Waals surface area contributed by atoms with Gasteiger partial charge in [-0.25, -0.2) is 4.79 Å². The van der Waals surface area contributed by atoms with Crippen molar-refractivity contribution in [3.63, 3.8) is 0 Å². The maximum Gasteiger partial charge on any atom is 0.411 e. The molecule has 1 amide bonds. The lowest BCUT2D eigenvalue weighted by Gasteiger charge is -2.35. The first kappa shape index (κ1) is 15.2. The van der Waals surface area contributed by atoms with E-state index in [0.29, 0.717) is 11.8 Å². The monoisotopic (exact) mass is 293 g/mol. The standard InChI is InChI=1S/C15H19NO5/c1-15(2,3)21-14(20)16-7-10-6-13(19)12(18)5-9(10)4-11(16)8-17/h5-6,8,11,18-19H,4,7H2,1-3H3/t11-/m0/s1. The number of hydrogen-bond donors (Lipinski definition) is 2. The van der Waals surface area contributed by atoms with Crippen LogP contribution in [0.4, 0.5) is 4.79 Å². The van der Waals surface area contributed by atoms with E-state index in [0.717, 1.165) is 5.56 Å². The molecule has 1 aromatic carbocycles. The fourth-order valence-corrected chi connectivity index (χ4v) is 2.28. The molecule has 6 heteroatoms. The van der Waals surface area contributed by atoms with Gasteiger partial charge >= 0.3 is 6.09 Å². The van der Waals surface area contributed by atoms with Crippen molar-refractivity contribution in [1.29, 1.82) is 0 Å². The smallest absolute Gasteiger partial charge is 0.411 e. The van der Waals surface area contributed by atoms with Crippen molar-refractivity contribution in [1.82, 2.24) is 4.90 Å². The first-order valence-corrected chi connectivity index (χ1v) is 6.70. The zero-order chi connectivity index (χ0) is 15.8. The number of ether oxygens (including phenoxy) is 1. The van der Waals surface area contributed by atoms with E-state index in [1.54, 1.807) is 20.8 Å². The highest BCUT2D eigenvalue weighted by Gasteiger charge is 2.33. The normalized spacial score (nSPS) is 18.0. The lowest BCUT2D eigenvalue weighted by molar-refractivity contribution is -0.113. The van der Waals surface area contributed by atoms with E-state index in [9.17, 15) is 19.8 Å². The van der Waals surface area contributed by atoms with Crippen LogP contribution in [-0.2, 0) is 22.5 Å². The molecule has 1 aromatic rings. The SMILES string of the molecule is CC(C)(C)OC(=O)N1Cc2cc(O)c(O)cc2C[C@H]1C=O.